The van der Waals surface area contributed by atoms with Gasteiger partial charge in [0.2, 0.25) is 11.8 Å². The van der Waals surface area contributed by atoms with Crippen molar-refractivity contribution in [2.75, 3.05) is 19.7 Å². The molecule has 198 valence electrons. The van der Waals surface area contributed by atoms with Crippen LogP contribution in [0.3, 0.4) is 0 Å². The maximum absolute atomic E-state index is 13.3. The molecule has 7 heteroatoms. The summed E-state index contributed by atoms with van der Waals surface area (Å²) >= 11 is 0. The molecule has 0 spiro atoms. The molecule has 2 amide bonds. The molecule has 2 saturated carbocycles. The molecule has 0 bridgehead atoms. The van der Waals surface area contributed by atoms with Crippen LogP contribution in [0.2, 0.25) is 0 Å². The number of aliphatic hydroxyl groups excluding tert-OH is 1. The van der Waals surface area contributed by atoms with E-state index < -0.39 is 6.10 Å². The van der Waals surface area contributed by atoms with E-state index in [0.717, 1.165) is 32.1 Å². The van der Waals surface area contributed by atoms with Gasteiger partial charge in [-0.3, -0.25) is 9.59 Å². The second-order valence-corrected chi connectivity index (χ2v) is 12.1. The third-order valence-corrected chi connectivity index (χ3v) is 9.82. The maximum Gasteiger partial charge on any atom is 0.223 e. The molecule has 2 aliphatic carbocycles. The second kappa shape index (κ2) is 10.1. The smallest absolute Gasteiger partial charge is 0.223 e. The molecule has 2 saturated heterocycles. The van der Waals surface area contributed by atoms with Crippen LogP contribution in [0.25, 0.3) is 0 Å². The molecule has 2 N–H and O–H groups in total. The average molecular weight is 499 g/mol. The summed E-state index contributed by atoms with van der Waals surface area (Å²) < 4.78 is 12.9. The van der Waals surface area contributed by atoms with Gasteiger partial charge in [-0.05, 0) is 54.9 Å². The molecule has 2 heterocycles. The highest BCUT2D eigenvalue weighted by Crippen LogP contribution is 2.62. The fraction of sp³-hybridized carbons (Fsp3) is 0.724. The summed E-state index contributed by atoms with van der Waals surface area (Å²) in [6.07, 6.45) is 4.83. The number of nitrogens with one attached hydrogen (secondary N) is 1. The fourth-order valence-electron chi connectivity index (χ4n) is 7.91. The number of carbonyl (C=O) groups is 2. The van der Waals surface area contributed by atoms with Crippen LogP contribution in [0.15, 0.2) is 30.3 Å². The quantitative estimate of drug-likeness (QED) is 0.651. The van der Waals surface area contributed by atoms with Crippen LogP contribution >= 0.6 is 0 Å². The molecular formula is C29H42N2O5. The lowest BCUT2D eigenvalue weighted by atomic mass is 9.46. The van der Waals surface area contributed by atoms with E-state index in [0.29, 0.717) is 38.5 Å². The highest BCUT2D eigenvalue weighted by atomic mass is 16.7. The van der Waals surface area contributed by atoms with Crippen molar-refractivity contribution < 1.29 is 24.2 Å². The first-order valence-electron chi connectivity index (χ1n) is 13.7. The summed E-state index contributed by atoms with van der Waals surface area (Å²) in [7, 11) is 0. The SMILES string of the molecule is CC(=O)N[C@H]1CCN(C(=O)C[C@@H]2[C@H](O)CCC3[C@]4(C)CO[C@@H](Cc5ccccc5)O[C@@H]4CC[C@]32C)C1. The summed E-state index contributed by atoms with van der Waals surface area (Å²) in [4.78, 5) is 26.6. The van der Waals surface area contributed by atoms with E-state index in [1.807, 2.05) is 23.1 Å². The third kappa shape index (κ3) is 4.82. The number of ether oxygens (including phenoxy) is 2. The van der Waals surface area contributed by atoms with Crippen molar-refractivity contribution in [2.24, 2.45) is 22.7 Å². The Kier molecular flexibility index (Phi) is 7.18. The van der Waals surface area contributed by atoms with Crippen LogP contribution < -0.4 is 5.32 Å². The minimum atomic E-state index is -0.472. The molecular weight excluding hydrogens is 456 g/mol. The van der Waals surface area contributed by atoms with Crippen molar-refractivity contribution in [1.82, 2.24) is 10.2 Å². The number of likely N-dealkylation sites (tertiary alicyclic amines) is 1. The Bertz CT molecular complexity index is 956. The van der Waals surface area contributed by atoms with Gasteiger partial charge >= 0.3 is 0 Å². The zero-order chi connectivity index (χ0) is 25.5. The Hall–Kier alpha value is -1.96. The summed E-state index contributed by atoms with van der Waals surface area (Å²) in [6.45, 7) is 7.98. The van der Waals surface area contributed by atoms with Crippen molar-refractivity contribution in [2.45, 2.75) is 90.3 Å². The zero-order valence-electron chi connectivity index (χ0n) is 21.9. The van der Waals surface area contributed by atoms with Gasteiger partial charge in [0.1, 0.15) is 0 Å². The normalized spacial score (nSPS) is 40.3. The molecule has 1 aromatic carbocycles. The second-order valence-electron chi connectivity index (χ2n) is 12.1. The Labute approximate surface area is 214 Å². The molecule has 0 aromatic heterocycles. The average Bonchev–Trinajstić information content (AvgIpc) is 3.30. The van der Waals surface area contributed by atoms with Gasteiger partial charge in [-0.2, -0.15) is 0 Å². The highest BCUT2D eigenvalue weighted by molar-refractivity contribution is 5.77. The fourth-order valence-corrected chi connectivity index (χ4v) is 7.91. The summed E-state index contributed by atoms with van der Waals surface area (Å²) in [5.74, 6) is 0.289. The van der Waals surface area contributed by atoms with Crippen LogP contribution in [0.5, 0.6) is 0 Å². The summed E-state index contributed by atoms with van der Waals surface area (Å²) in [5.41, 5.74) is 0.939. The van der Waals surface area contributed by atoms with E-state index in [9.17, 15) is 14.7 Å². The number of nitrogens with zero attached hydrogens (tertiary/aromatic N) is 1. The van der Waals surface area contributed by atoms with Crippen LogP contribution in [0.4, 0.5) is 0 Å². The summed E-state index contributed by atoms with van der Waals surface area (Å²) in [5, 5.41) is 14.1. The van der Waals surface area contributed by atoms with Crippen LogP contribution in [-0.2, 0) is 25.5 Å². The first kappa shape index (κ1) is 25.7. The van der Waals surface area contributed by atoms with Gasteiger partial charge in [-0.15, -0.1) is 0 Å². The van der Waals surface area contributed by atoms with E-state index in [1.54, 1.807) is 0 Å². The molecule has 7 nitrogen and oxygen atoms in total. The van der Waals surface area contributed by atoms with Gasteiger partial charge < -0.3 is 24.8 Å². The van der Waals surface area contributed by atoms with E-state index in [4.69, 9.17) is 9.47 Å². The highest BCUT2D eigenvalue weighted by Gasteiger charge is 2.61. The van der Waals surface area contributed by atoms with E-state index >= 15 is 0 Å². The van der Waals surface area contributed by atoms with Crippen molar-refractivity contribution in [1.29, 1.82) is 0 Å². The molecule has 2 aliphatic heterocycles. The Balaban J connectivity index is 1.26. The number of aliphatic hydroxyl groups is 1. The van der Waals surface area contributed by atoms with Gasteiger partial charge in [0.25, 0.3) is 0 Å². The Morgan fingerprint density at radius 3 is 2.64 bits per heavy atom. The van der Waals surface area contributed by atoms with Gasteiger partial charge in [0, 0.05) is 44.3 Å². The number of fused-ring (bicyclic) bond motifs is 3. The zero-order valence-corrected chi connectivity index (χ0v) is 21.9. The largest absolute Gasteiger partial charge is 0.393 e. The van der Waals surface area contributed by atoms with E-state index in [1.165, 1.54) is 12.5 Å². The third-order valence-electron chi connectivity index (χ3n) is 9.82. The van der Waals surface area contributed by atoms with Crippen molar-refractivity contribution in [3.8, 4) is 0 Å². The minimum Gasteiger partial charge on any atom is -0.393 e. The number of hydrogen-bond acceptors (Lipinski definition) is 5. The van der Waals surface area contributed by atoms with Crippen LogP contribution in [0.1, 0.15) is 64.9 Å². The van der Waals surface area contributed by atoms with Gasteiger partial charge in [-0.25, -0.2) is 0 Å². The van der Waals surface area contributed by atoms with Gasteiger partial charge in [-0.1, -0.05) is 44.2 Å². The van der Waals surface area contributed by atoms with Crippen molar-refractivity contribution in [3.05, 3.63) is 35.9 Å². The molecule has 36 heavy (non-hydrogen) atoms. The lowest BCUT2D eigenvalue weighted by Gasteiger charge is -2.63. The Morgan fingerprint density at radius 1 is 1.11 bits per heavy atom. The number of carbonyl (C=O) groups excluding carboxylic acids is 2. The molecule has 8 atom stereocenters. The van der Waals surface area contributed by atoms with E-state index in [2.05, 4.69) is 31.3 Å². The number of amides is 2. The van der Waals surface area contributed by atoms with Gasteiger partial charge in [0.15, 0.2) is 6.29 Å². The van der Waals surface area contributed by atoms with Crippen LogP contribution in [0, 0.1) is 22.7 Å². The van der Waals surface area contributed by atoms with Crippen molar-refractivity contribution >= 4 is 11.8 Å². The number of rotatable bonds is 5. The topological polar surface area (TPSA) is 88.1 Å². The maximum atomic E-state index is 13.3. The minimum absolute atomic E-state index is 0.0285. The summed E-state index contributed by atoms with van der Waals surface area (Å²) in [6, 6.07) is 10.4. The van der Waals surface area contributed by atoms with Crippen molar-refractivity contribution in [3.63, 3.8) is 0 Å². The molecule has 4 aliphatic rings. The van der Waals surface area contributed by atoms with Crippen LogP contribution in [-0.4, -0.2) is 66.1 Å². The predicted octanol–water partition coefficient (Wildman–Crippen LogP) is 3.29. The molecule has 4 fully saturated rings. The molecule has 1 aromatic rings. The molecule has 5 rings (SSSR count). The number of benzene rings is 1. The first-order valence-corrected chi connectivity index (χ1v) is 13.7. The molecule has 1 unspecified atom stereocenters. The standard InChI is InChI=1S/C29H42N2O5/c1-19(32)30-21-12-14-31(17-21)26(34)16-22-23(33)9-10-24-28(22,2)13-11-25-29(24,3)18-35-27(36-25)15-20-7-5-4-6-8-20/h4-8,21-25,27,33H,9-18H2,1-3H3,(H,30,32)/t21-,22+,23+,24?,25+,27+,28-,29-/m0/s1. The predicted molar refractivity (Wildman–Crippen MR) is 136 cm³/mol. The lowest BCUT2D eigenvalue weighted by Crippen LogP contribution is -2.63. The van der Waals surface area contributed by atoms with Gasteiger partial charge in [0.05, 0.1) is 18.8 Å². The lowest BCUT2D eigenvalue weighted by molar-refractivity contribution is -0.308. The number of hydrogen-bond donors (Lipinski definition) is 2. The van der Waals surface area contributed by atoms with E-state index in [-0.39, 0.29) is 47.0 Å². The first-order chi connectivity index (χ1) is 17.2. The Morgan fingerprint density at radius 2 is 1.89 bits per heavy atom. The molecule has 0 radical (unpaired) electrons. The monoisotopic (exact) mass is 498 g/mol.